The second kappa shape index (κ2) is 24.1. The van der Waals surface area contributed by atoms with E-state index in [1.807, 2.05) is 26.8 Å². The SMILES string of the molecule is C=CCO[C@@]12Oc3ccc(OCCN4CC4)cc3[C@H]3[C@H](CCCCO)[C@@H](CCCCO)C=C(C(=NOC(C)(C)C)C[C@@H]1N(CCC)C(=O)CCCCCCCCCCC)[C@H]32. The molecule has 10 nitrogen and oxygen atoms in total. The van der Waals surface area contributed by atoms with Crippen molar-refractivity contribution >= 4 is 11.6 Å². The van der Waals surface area contributed by atoms with E-state index in [1.54, 1.807) is 6.08 Å². The molecule has 6 atom stereocenters. The minimum absolute atomic E-state index is 0.0642. The van der Waals surface area contributed by atoms with Gasteiger partial charge in [0.25, 0.3) is 0 Å². The highest BCUT2D eigenvalue weighted by Crippen LogP contribution is 2.62. The predicted octanol–water partition coefficient (Wildman–Crippen LogP) is 9.97. The summed E-state index contributed by atoms with van der Waals surface area (Å²) >= 11 is 0. The zero-order valence-electron chi connectivity index (χ0n) is 38.1. The van der Waals surface area contributed by atoms with E-state index < -0.39 is 17.4 Å². The minimum Gasteiger partial charge on any atom is -0.492 e. The van der Waals surface area contributed by atoms with Crippen LogP contribution >= 0.6 is 0 Å². The molecule has 4 aliphatic rings. The van der Waals surface area contributed by atoms with Crippen molar-refractivity contribution in [2.24, 2.45) is 22.9 Å². The van der Waals surface area contributed by atoms with Crippen LogP contribution in [0.5, 0.6) is 11.5 Å². The van der Waals surface area contributed by atoms with Crippen LogP contribution in [-0.4, -0.2) is 102 Å². The van der Waals surface area contributed by atoms with Crippen molar-refractivity contribution in [3.05, 3.63) is 48.1 Å². The molecule has 1 aromatic carbocycles. The summed E-state index contributed by atoms with van der Waals surface area (Å²) in [5.74, 6) is 0.465. The zero-order valence-corrected chi connectivity index (χ0v) is 38.1. The van der Waals surface area contributed by atoms with Crippen LogP contribution in [0.1, 0.15) is 162 Å². The summed E-state index contributed by atoms with van der Waals surface area (Å²) in [6.45, 7) is 19.4. The van der Waals surface area contributed by atoms with Crippen molar-refractivity contribution in [1.82, 2.24) is 9.80 Å². The van der Waals surface area contributed by atoms with E-state index in [9.17, 15) is 15.0 Å². The first-order valence-corrected chi connectivity index (χ1v) is 24.0. The number of oxime groups is 1. The van der Waals surface area contributed by atoms with Crippen molar-refractivity contribution in [3.63, 3.8) is 0 Å². The summed E-state index contributed by atoms with van der Waals surface area (Å²) in [5.41, 5.74) is 2.48. The fourth-order valence-corrected chi connectivity index (χ4v) is 9.94. The number of benzene rings is 1. The number of aliphatic hydroxyl groups excluding tert-OH is 2. The van der Waals surface area contributed by atoms with Gasteiger partial charge in [-0.25, -0.2) is 0 Å². The Morgan fingerprint density at radius 3 is 2.32 bits per heavy atom. The van der Waals surface area contributed by atoms with Crippen molar-refractivity contribution < 1.29 is 34.1 Å². The number of carbonyl (C=O) groups is 1. The number of amides is 1. The fraction of sp³-hybridized carbons (Fsp3) is 0.760. The van der Waals surface area contributed by atoms with Gasteiger partial charge in [-0.05, 0) is 94.9 Å². The van der Waals surface area contributed by atoms with Crippen LogP contribution < -0.4 is 9.47 Å². The average Bonchev–Trinajstić information content (AvgIpc) is 4.06. The molecule has 0 spiro atoms. The summed E-state index contributed by atoms with van der Waals surface area (Å²) in [6.07, 6.45) is 21.7. The Labute approximate surface area is 363 Å². The first-order valence-electron chi connectivity index (χ1n) is 24.0. The fourth-order valence-electron chi connectivity index (χ4n) is 9.94. The number of unbranched alkanes of at least 4 members (excludes halogenated alkanes) is 10. The number of allylic oxidation sites excluding steroid dienone is 1. The van der Waals surface area contributed by atoms with E-state index in [-0.39, 0.29) is 49.4 Å². The molecule has 2 aliphatic heterocycles. The van der Waals surface area contributed by atoms with Gasteiger partial charge in [-0.2, -0.15) is 0 Å². The standard InChI is InChI=1S/C50H81N3O7/c1-7-10-11-12-13-14-15-16-17-24-46(56)53(27-8-2)45-37-43(51-60-49(4,5)6)41-35-38(22-18-20-31-54)40(23-19-21-32-55)47-42-36-39(57-34-30-52-28-29-52)25-26-44(42)59-50(45,48(41)47)58-33-9-3/h9,25-26,35-36,38,40,45,47-48,54-55H,3,7-8,10-24,27-34,37H2,1-2,4-6H3/t38-,40+,45-,47+,48+,50+/m0/s1. The highest BCUT2D eigenvalue weighted by Gasteiger charge is 2.65. The molecule has 2 heterocycles. The zero-order chi connectivity index (χ0) is 43.0. The molecule has 338 valence electrons. The molecule has 1 saturated carbocycles. The van der Waals surface area contributed by atoms with Gasteiger partial charge in [0, 0.05) is 63.7 Å². The molecular weight excluding hydrogens is 755 g/mol. The summed E-state index contributed by atoms with van der Waals surface area (Å²) in [7, 11) is 0. The Bertz CT molecular complexity index is 1540. The molecule has 0 radical (unpaired) electrons. The van der Waals surface area contributed by atoms with E-state index in [0.29, 0.717) is 26.0 Å². The van der Waals surface area contributed by atoms with Crippen LogP contribution in [0, 0.1) is 17.8 Å². The number of hydrogen-bond donors (Lipinski definition) is 2. The average molecular weight is 836 g/mol. The maximum absolute atomic E-state index is 14.7. The number of nitrogens with zero attached hydrogens (tertiary/aromatic N) is 3. The summed E-state index contributed by atoms with van der Waals surface area (Å²) in [6, 6.07) is 5.79. The molecule has 0 aromatic heterocycles. The molecule has 1 saturated heterocycles. The number of carbonyl (C=O) groups excluding carboxylic acids is 1. The smallest absolute Gasteiger partial charge is 0.239 e. The number of ether oxygens (including phenoxy) is 3. The van der Waals surface area contributed by atoms with E-state index in [2.05, 4.69) is 48.4 Å². The molecular formula is C50H81N3O7. The van der Waals surface area contributed by atoms with E-state index in [0.717, 1.165) is 112 Å². The molecule has 2 fully saturated rings. The number of hydrogen-bond acceptors (Lipinski definition) is 9. The minimum atomic E-state index is -1.23. The predicted molar refractivity (Wildman–Crippen MR) is 242 cm³/mol. The lowest BCUT2D eigenvalue weighted by Crippen LogP contribution is -2.70. The molecule has 2 N–H and O–H groups in total. The third-order valence-corrected chi connectivity index (χ3v) is 12.9. The van der Waals surface area contributed by atoms with E-state index in [1.165, 1.54) is 38.5 Å². The van der Waals surface area contributed by atoms with Crippen molar-refractivity contribution in [2.45, 2.75) is 174 Å². The summed E-state index contributed by atoms with van der Waals surface area (Å²) in [5, 5.41) is 24.8. The van der Waals surface area contributed by atoms with Crippen LogP contribution in [0.15, 0.2) is 47.7 Å². The number of fused-ring (bicyclic) bond motifs is 2. The van der Waals surface area contributed by atoms with Crippen LogP contribution in [0.25, 0.3) is 0 Å². The Morgan fingerprint density at radius 1 is 0.967 bits per heavy atom. The summed E-state index contributed by atoms with van der Waals surface area (Å²) in [4.78, 5) is 25.4. The highest BCUT2D eigenvalue weighted by atomic mass is 16.7. The van der Waals surface area contributed by atoms with Crippen LogP contribution in [0.2, 0.25) is 0 Å². The monoisotopic (exact) mass is 836 g/mol. The van der Waals surface area contributed by atoms with Crippen LogP contribution in [-0.2, 0) is 14.4 Å². The summed E-state index contributed by atoms with van der Waals surface area (Å²) < 4.78 is 21.0. The molecule has 0 unspecified atom stereocenters. The van der Waals surface area contributed by atoms with Gasteiger partial charge >= 0.3 is 0 Å². The number of aliphatic hydroxyl groups is 2. The second-order valence-corrected chi connectivity index (χ2v) is 18.8. The van der Waals surface area contributed by atoms with Crippen molar-refractivity contribution in [3.8, 4) is 11.5 Å². The largest absolute Gasteiger partial charge is 0.492 e. The Hall–Kier alpha value is -2.92. The molecule has 10 heteroatoms. The van der Waals surface area contributed by atoms with Gasteiger partial charge in [0.1, 0.15) is 29.7 Å². The van der Waals surface area contributed by atoms with Gasteiger partial charge in [-0.1, -0.05) is 95.4 Å². The quantitative estimate of drug-likeness (QED) is 0.0355. The Kier molecular flexibility index (Phi) is 19.3. The lowest BCUT2D eigenvalue weighted by atomic mass is 9.55. The van der Waals surface area contributed by atoms with Gasteiger partial charge in [-0.15, -0.1) is 6.58 Å². The van der Waals surface area contributed by atoms with Gasteiger partial charge < -0.3 is 34.2 Å². The molecule has 1 aromatic rings. The normalized spacial score (nSPS) is 25.2. The maximum atomic E-state index is 14.7. The lowest BCUT2D eigenvalue weighted by molar-refractivity contribution is -0.257. The Morgan fingerprint density at radius 2 is 1.67 bits per heavy atom. The maximum Gasteiger partial charge on any atom is 0.239 e. The molecule has 5 rings (SSSR count). The van der Waals surface area contributed by atoms with Gasteiger partial charge in [0.15, 0.2) is 0 Å². The molecule has 2 aliphatic carbocycles. The third-order valence-electron chi connectivity index (χ3n) is 12.9. The first kappa shape index (κ1) is 48.1. The Balaban J connectivity index is 1.61. The van der Waals surface area contributed by atoms with Crippen LogP contribution in [0.4, 0.5) is 0 Å². The van der Waals surface area contributed by atoms with E-state index >= 15 is 0 Å². The van der Waals surface area contributed by atoms with Crippen molar-refractivity contribution in [2.75, 3.05) is 52.6 Å². The van der Waals surface area contributed by atoms with Crippen molar-refractivity contribution in [1.29, 1.82) is 0 Å². The van der Waals surface area contributed by atoms with Gasteiger partial charge in [-0.3, -0.25) is 9.69 Å². The van der Waals surface area contributed by atoms with Crippen LogP contribution in [0.3, 0.4) is 0 Å². The number of rotatable bonds is 29. The third kappa shape index (κ3) is 13.1. The van der Waals surface area contributed by atoms with Gasteiger partial charge in [0.2, 0.25) is 11.7 Å². The molecule has 0 bridgehead atoms. The second-order valence-electron chi connectivity index (χ2n) is 18.8. The lowest BCUT2D eigenvalue weighted by Gasteiger charge is -2.60. The van der Waals surface area contributed by atoms with E-state index in [4.69, 9.17) is 24.2 Å². The molecule has 60 heavy (non-hydrogen) atoms. The molecule has 1 amide bonds. The highest BCUT2D eigenvalue weighted by molar-refractivity contribution is 6.03. The topological polar surface area (TPSA) is 113 Å². The first-order chi connectivity index (χ1) is 29.1. The van der Waals surface area contributed by atoms with Gasteiger partial charge in [0.05, 0.1) is 18.2 Å².